The number of ether oxygens (including phenoxy) is 1. The highest BCUT2D eigenvalue weighted by Crippen LogP contribution is 2.39. The van der Waals surface area contributed by atoms with Gasteiger partial charge in [-0.15, -0.1) is 0 Å². The Morgan fingerprint density at radius 1 is 0.970 bits per heavy atom. The predicted octanol–water partition coefficient (Wildman–Crippen LogP) is 5.45. The summed E-state index contributed by atoms with van der Waals surface area (Å²) in [7, 11) is 1.60. The molecule has 1 aliphatic heterocycles. The van der Waals surface area contributed by atoms with Crippen LogP contribution in [0.25, 0.3) is 17.0 Å². The fourth-order valence-electron chi connectivity index (χ4n) is 4.01. The number of anilines is 1. The van der Waals surface area contributed by atoms with Gasteiger partial charge in [-0.2, -0.15) is 4.98 Å². The van der Waals surface area contributed by atoms with Gasteiger partial charge in [-0.05, 0) is 24.6 Å². The Morgan fingerprint density at radius 2 is 1.70 bits per heavy atom. The highest BCUT2D eigenvalue weighted by Gasteiger charge is 2.36. The minimum Gasteiger partial charge on any atom is -0.497 e. The number of methoxy groups -OCH3 is 1. The molecule has 2 amide bonds. The van der Waals surface area contributed by atoms with E-state index >= 15 is 0 Å². The summed E-state index contributed by atoms with van der Waals surface area (Å²) in [5, 5.41) is 7.30. The van der Waals surface area contributed by atoms with Crippen LogP contribution in [0.5, 0.6) is 5.75 Å². The van der Waals surface area contributed by atoms with Gasteiger partial charge in [-0.3, -0.25) is 4.90 Å². The molecule has 0 bridgehead atoms. The fraction of sp³-hybridized carbons (Fsp3) is 0.115. The lowest BCUT2D eigenvalue weighted by molar-refractivity contribution is 0.244. The molecule has 4 aromatic rings. The summed E-state index contributed by atoms with van der Waals surface area (Å²) in [4.78, 5) is 19.5. The molecule has 1 unspecified atom stereocenters. The van der Waals surface area contributed by atoms with Crippen molar-refractivity contribution in [2.75, 3.05) is 12.0 Å². The Hall–Kier alpha value is -4.39. The van der Waals surface area contributed by atoms with Gasteiger partial charge < -0.3 is 14.6 Å². The average Bonchev–Trinajstić information content (AvgIpc) is 3.35. The van der Waals surface area contributed by atoms with Crippen LogP contribution in [0.15, 0.2) is 95.1 Å². The summed E-state index contributed by atoms with van der Waals surface area (Å²) >= 11 is 0. The van der Waals surface area contributed by atoms with Crippen LogP contribution in [0, 0.1) is 0 Å². The van der Waals surface area contributed by atoms with Crippen molar-refractivity contribution in [3.05, 3.63) is 102 Å². The van der Waals surface area contributed by atoms with E-state index in [1.165, 1.54) is 0 Å². The van der Waals surface area contributed by atoms with Crippen molar-refractivity contribution >= 4 is 17.3 Å². The molecule has 0 fully saturated rings. The number of amides is 2. The van der Waals surface area contributed by atoms with Crippen molar-refractivity contribution < 1.29 is 14.1 Å². The van der Waals surface area contributed by atoms with Crippen LogP contribution in [0.4, 0.5) is 10.5 Å². The highest BCUT2D eigenvalue weighted by atomic mass is 16.5. The number of aromatic nitrogens is 2. The molecule has 164 valence electrons. The Kier molecular flexibility index (Phi) is 5.36. The number of benzene rings is 3. The van der Waals surface area contributed by atoms with Crippen LogP contribution in [-0.2, 0) is 0 Å². The maximum Gasteiger partial charge on any atom is 0.327 e. The predicted molar refractivity (Wildman–Crippen MR) is 126 cm³/mol. The van der Waals surface area contributed by atoms with E-state index in [1.54, 1.807) is 12.0 Å². The largest absolute Gasteiger partial charge is 0.497 e. The second kappa shape index (κ2) is 8.63. The standard InChI is InChI=1S/C26H22N4O3/c1-17-22(25-28-24(29-33-25)19-12-7-4-8-13-19)23(18-10-5-3-6-11-18)27-26(31)30(17)20-14-9-15-21(16-20)32-2/h3-16,23H,1-2H3,(H,27,31). The third-order valence-electron chi connectivity index (χ3n) is 5.62. The van der Waals surface area contributed by atoms with Crippen molar-refractivity contribution in [2.24, 2.45) is 0 Å². The molecule has 7 heteroatoms. The Labute approximate surface area is 191 Å². The minimum absolute atomic E-state index is 0.249. The number of rotatable bonds is 5. The van der Waals surface area contributed by atoms with Gasteiger partial charge in [0.25, 0.3) is 5.89 Å². The second-order valence-corrected chi connectivity index (χ2v) is 7.62. The number of allylic oxidation sites excluding steroid dienone is 1. The van der Waals surface area contributed by atoms with E-state index in [0.29, 0.717) is 28.8 Å². The average molecular weight is 438 g/mol. The molecule has 0 saturated carbocycles. The van der Waals surface area contributed by atoms with Gasteiger partial charge >= 0.3 is 6.03 Å². The van der Waals surface area contributed by atoms with Gasteiger partial charge in [0.2, 0.25) is 5.82 Å². The summed E-state index contributed by atoms with van der Waals surface area (Å²) in [6.45, 7) is 1.88. The third-order valence-corrected chi connectivity index (χ3v) is 5.62. The number of urea groups is 1. The van der Waals surface area contributed by atoms with Crippen LogP contribution in [0.2, 0.25) is 0 Å². The molecule has 0 radical (unpaired) electrons. The van der Waals surface area contributed by atoms with E-state index < -0.39 is 6.04 Å². The maximum absolute atomic E-state index is 13.3. The molecule has 1 aliphatic rings. The number of carbonyl (C=O) groups excluding carboxylic acids is 1. The van der Waals surface area contributed by atoms with Gasteiger partial charge in [0, 0.05) is 17.3 Å². The van der Waals surface area contributed by atoms with Gasteiger partial charge in [-0.25, -0.2) is 4.79 Å². The zero-order chi connectivity index (χ0) is 22.8. The first-order valence-corrected chi connectivity index (χ1v) is 10.6. The van der Waals surface area contributed by atoms with E-state index in [4.69, 9.17) is 9.26 Å². The molecule has 1 N–H and O–H groups in total. The van der Waals surface area contributed by atoms with E-state index in [9.17, 15) is 4.79 Å². The molecular weight excluding hydrogens is 416 g/mol. The smallest absolute Gasteiger partial charge is 0.327 e. The van der Waals surface area contributed by atoms with Crippen molar-refractivity contribution in [1.29, 1.82) is 0 Å². The van der Waals surface area contributed by atoms with E-state index in [2.05, 4.69) is 15.5 Å². The van der Waals surface area contributed by atoms with Gasteiger partial charge in [-0.1, -0.05) is 71.9 Å². The molecule has 0 spiro atoms. The summed E-state index contributed by atoms with van der Waals surface area (Å²) in [5.41, 5.74) is 3.88. The molecule has 0 aliphatic carbocycles. The number of carbonyl (C=O) groups is 1. The number of nitrogens with zero attached hydrogens (tertiary/aromatic N) is 3. The SMILES string of the molecule is COc1cccc(N2C(=O)NC(c3ccccc3)C(c3nc(-c4ccccc4)no3)=C2C)c1. The summed E-state index contributed by atoms with van der Waals surface area (Å²) in [5.74, 6) is 1.50. The van der Waals surface area contributed by atoms with Crippen LogP contribution in [0.3, 0.4) is 0 Å². The molecular formula is C26H22N4O3. The van der Waals surface area contributed by atoms with Crippen molar-refractivity contribution in [3.63, 3.8) is 0 Å². The molecule has 33 heavy (non-hydrogen) atoms. The lowest BCUT2D eigenvalue weighted by Crippen LogP contribution is -2.46. The molecule has 0 saturated heterocycles. The van der Waals surface area contributed by atoms with E-state index in [-0.39, 0.29) is 6.03 Å². The Balaban J connectivity index is 1.66. The first kappa shape index (κ1) is 20.5. The lowest BCUT2D eigenvalue weighted by atomic mass is 9.94. The molecule has 2 heterocycles. The van der Waals surface area contributed by atoms with Crippen LogP contribution >= 0.6 is 0 Å². The quantitative estimate of drug-likeness (QED) is 0.448. The summed E-state index contributed by atoms with van der Waals surface area (Å²) < 4.78 is 11.1. The van der Waals surface area contributed by atoms with Crippen molar-refractivity contribution in [3.8, 4) is 17.1 Å². The number of nitrogens with one attached hydrogen (secondary N) is 1. The first-order valence-electron chi connectivity index (χ1n) is 10.6. The zero-order valence-electron chi connectivity index (χ0n) is 18.2. The Morgan fingerprint density at radius 3 is 2.42 bits per heavy atom. The zero-order valence-corrected chi connectivity index (χ0v) is 18.2. The molecule has 1 aromatic heterocycles. The minimum atomic E-state index is -0.440. The van der Waals surface area contributed by atoms with Gasteiger partial charge in [0.1, 0.15) is 5.75 Å². The summed E-state index contributed by atoms with van der Waals surface area (Å²) in [6.07, 6.45) is 0. The maximum atomic E-state index is 13.3. The first-order chi connectivity index (χ1) is 16.2. The van der Waals surface area contributed by atoms with Gasteiger partial charge in [0.15, 0.2) is 0 Å². The van der Waals surface area contributed by atoms with Crippen LogP contribution in [-0.4, -0.2) is 23.3 Å². The highest BCUT2D eigenvalue weighted by molar-refractivity contribution is 6.01. The number of hydrogen-bond acceptors (Lipinski definition) is 5. The summed E-state index contributed by atoms with van der Waals surface area (Å²) in [6, 6.07) is 26.0. The molecule has 5 rings (SSSR count). The normalized spacial score (nSPS) is 16.0. The fourth-order valence-corrected chi connectivity index (χ4v) is 4.01. The third kappa shape index (κ3) is 3.85. The monoisotopic (exact) mass is 438 g/mol. The molecule has 7 nitrogen and oxygen atoms in total. The van der Waals surface area contributed by atoms with Gasteiger partial charge in [0.05, 0.1) is 24.4 Å². The molecule has 1 atom stereocenters. The van der Waals surface area contributed by atoms with Crippen LogP contribution < -0.4 is 15.0 Å². The second-order valence-electron chi connectivity index (χ2n) is 7.62. The van der Waals surface area contributed by atoms with E-state index in [0.717, 1.165) is 16.7 Å². The van der Waals surface area contributed by atoms with Crippen molar-refractivity contribution in [1.82, 2.24) is 15.5 Å². The lowest BCUT2D eigenvalue weighted by Gasteiger charge is -2.35. The molecule has 3 aromatic carbocycles. The van der Waals surface area contributed by atoms with Crippen molar-refractivity contribution in [2.45, 2.75) is 13.0 Å². The topological polar surface area (TPSA) is 80.5 Å². The van der Waals surface area contributed by atoms with Crippen LogP contribution in [0.1, 0.15) is 24.4 Å². The van der Waals surface area contributed by atoms with E-state index in [1.807, 2.05) is 91.9 Å². The Bertz CT molecular complexity index is 1320. The number of hydrogen-bond donors (Lipinski definition) is 1.